The van der Waals surface area contributed by atoms with Crippen molar-refractivity contribution in [1.82, 2.24) is 16.0 Å². The molecule has 3 atom stereocenters. The summed E-state index contributed by atoms with van der Waals surface area (Å²) in [7, 11) is 0.650. The predicted octanol–water partition coefficient (Wildman–Crippen LogP) is 0.459. The number of thiol groups is 1. The molecule has 0 radical (unpaired) electrons. The summed E-state index contributed by atoms with van der Waals surface area (Å²) in [4.78, 5) is 75.2. The number of hydrogen-bond acceptors (Lipinski definition) is 16. The minimum Gasteiger partial charge on any atom is -0.467 e. The molecular weight excluding hydrogens is 665 g/mol. The molecule has 3 N–H and O–H groups in total. The molecule has 44 heavy (non-hydrogen) atoms. The van der Waals surface area contributed by atoms with Crippen LogP contribution in [0, 0.1) is 4.91 Å². The molecule has 1 rings (SSSR count). The number of nitroso groups, excluding NO2 is 1. The average Bonchev–Trinajstić information content (AvgIpc) is 2.99. The molecule has 0 fully saturated rings. The number of esters is 3. The van der Waals surface area contributed by atoms with Crippen molar-refractivity contribution in [3.63, 3.8) is 0 Å². The molecule has 16 nitrogen and oxygen atoms in total. The number of benzene rings is 1. The Morgan fingerprint density at radius 1 is 0.750 bits per heavy atom. The van der Waals surface area contributed by atoms with Gasteiger partial charge in [0.1, 0.15) is 18.1 Å². The zero-order chi connectivity index (χ0) is 34.3. The van der Waals surface area contributed by atoms with E-state index in [1.54, 1.807) is 18.2 Å². The fourth-order valence-corrected chi connectivity index (χ4v) is 6.12. The Hall–Kier alpha value is -3.36. The summed E-state index contributed by atoms with van der Waals surface area (Å²) in [5.41, 5.74) is 0. The second-order valence-electron chi connectivity index (χ2n) is 7.93. The van der Waals surface area contributed by atoms with Gasteiger partial charge in [-0.25, -0.2) is 22.8 Å². The maximum atomic E-state index is 12.0. The van der Waals surface area contributed by atoms with Gasteiger partial charge in [-0.2, -0.15) is 12.6 Å². The molecular formula is C24H36N4O12S4. The number of hydrogen-bond donors (Lipinski definition) is 4. The highest BCUT2D eigenvalue weighted by molar-refractivity contribution is 8.72. The molecule has 0 aromatic heterocycles. The van der Waals surface area contributed by atoms with Crippen LogP contribution >= 0.6 is 35.4 Å². The Balaban J connectivity index is 0. The van der Waals surface area contributed by atoms with Crippen LogP contribution in [0.25, 0.3) is 0 Å². The molecule has 248 valence electrons. The summed E-state index contributed by atoms with van der Waals surface area (Å²) in [6.07, 6.45) is 0. The second-order valence-corrected chi connectivity index (χ2v) is 13.0. The molecule has 1 aromatic carbocycles. The summed E-state index contributed by atoms with van der Waals surface area (Å²) < 4.78 is 39.9. The molecule has 1 aromatic rings. The van der Waals surface area contributed by atoms with Crippen molar-refractivity contribution in [2.24, 2.45) is 4.58 Å². The van der Waals surface area contributed by atoms with Crippen molar-refractivity contribution in [2.45, 2.75) is 43.8 Å². The zero-order valence-electron chi connectivity index (χ0n) is 24.8. The van der Waals surface area contributed by atoms with Gasteiger partial charge in [0.25, 0.3) is 0 Å². The summed E-state index contributed by atoms with van der Waals surface area (Å²) in [5.74, 6) is -2.61. The Morgan fingerprint density at radius 2 is 1.14 bits per heavy atom. The topological polar surface area (TPSA) is 230 Å². The van der Waals surface area contributed by atoms with E-state index in [0.717, 1.165) is 0 Å². The Bertz CT molecular complexity index is 1200. The number of ether oxygens (including phenoxy) is 3. The number of carbonyl (C=O) groups is 6. The van der Waals surface area contributed by atoms with E-state index in [9.17, 15) is 42.1 Å². The fraction of sp³-hybridized carbons (Fsp3) is 0.500. The maximum Gasteiger partial charge on any atom is 0.329 e. The molecule has 0 aliphatic heterocycles. The molecule has 0 spiro atoms. The Morgan fingerprint density at radius 3 is 1.50 bits per heavy atom. The molecule has 0 saturated heterocycles. The third-order valence-corrected chi connectivity index (χ3v) is 8.99. The van der Waals surface area contributed by atoms with E-state index in [1.165, 1.54) is 54.2 Å². The lowest BCUT2D eigenvalue weighted by atomic mass is 10.3. The van der Waals surface area contributed by atoms with Gasteiger partial charge >= 0.3 is 17.9 Å². The highest BCUT2D eigenvalue weighted by Gasteiger charge is 2.25. The standard InChI is InChI=1S/C12H15NO5S2.C6H10N2O4S.C6H11NO3S/c1-9(14)13-11(12(15)18-2)8-19-20(16,17)10-6-4-3-5-7-10;1-4(9)7-5(3-13-8-11)6(10)12-2;1-4(8)7-5(3-11)6(9)10-2/h3-7,11H,8H2,1-2H3,(H,13,14);5H,3H2,1-2H3,(H,7,9);5,11H,3H2,1-2H3,(H,7,8)/t11-;2*5-/m000/s1. The van der Waals surface area contributed by atoms with Gasteiger partial charge in [0.15, 0.2) is 0 Å². The first-order valence-corrected chi connectivity index (χ1v) is 16.7. The number of carbonyl (C=O) groups excluding carboxylic acids is 6. The van der Waals surface area contributed by atoms with Gasteiger partial charge < -0.3 is 30.2 Å². The van der Waals surface area contributed by atoms with Crippen molar-refractivity contribution in [3.05, 3.63) is 35.2 Å². The molecule has 0 bridgehead atoms. The van der Waals surface area contributed by atoms with Crippen LogP contribution in [0.3, 0.4) is 0 Å². The van der Waals surface area contributed by atoms with Crippen LogP contribution in [0.5, 0.6) is 0 Å². The molecule has 0 aliphatic rings. The lowest BCUT2D eigenvalue weighted by Gasteiger charge is -2.14. The maximum absolute atomic E-state index is 12.0. The molecule has 0 heterocycles. The fourth-order valence-electron chi connectivity index (χ4n) is 2.60. The first-order valence-electron chi connectivity index (χ1n) is 12.1. The van der Waals surface area contributed by atoms with Gasteiger partial charge in [-0.3, -0.25) is 14.4 Å². The SMILES string of the molecule is COC(=O)[C@H](CS)NC(C)=O.COC(=O)[C@H](CSN=O)NC(C)=O.COC(=O)[C@H](CSS(=O)(=O)c1ccccc1)NC(C)=O. The van der Waals surface area contributed by atoms with Gasteiger partial charge in [0, 0.05) is 54.6 Å². The number of nitrogens with one attached hydrogen (secondary N) is 3. The van der Waals surface area contributed by atoms with E-state index in [0.29, 0.717) is 22.7 Å². The summed E-state index contributed by atoms with van der Waals surface area (Å²) in [6, 6.07) is 5.41. The van der Waals surface area contributed by atoms with Crippen LogP contribution in [-0.4, -0.2) is 101 Å². The van der Waals surface area contributed by atoms with Crippen molar-refractivity contribution < 1.29 is 51.4 Å². The zero-order valence-corrected chi connectivity index (χ0v) is 28.1. The summed E-state index contributed by atoms with van der Waals surface area (Å²) >= 11 is 4.52. The van der Waals surface area contributed by atoms with E-state index in [4.69, 9.17) is 0 Å². The van der Waals surface area contributed by atoms with Gasteiger partial charge in [-0.1, -0.05) is 18.2 Å². The summed E-state index contributed by atoms with van der Waals surface area (Å²) in [6.45, 7) is 3.85. The highest BCUT2D eigenvalue weighted by atomic mass is 33.1. The van der Waals surface area contributed by atoms with E-state index in [1.807, 2.05) is 0 Å². The average molecular weight is 701 g/mol. The van der Waals surface area contributed by atoms with E-state index < -0.39 is 50.8 Å². The number of nitrogens with zero attached hydrogens (tertiary/aromatic N) is 1. The number of methoxy groups -OCH3 is 3. The van der Waals surface area contributed by atoms with E-state index in [-0.39, 0.29) is 34.0 Å². The lowest BCUT2D eigenvalue weighted by Crippen LogP contribution is -2.42. The first kappa shape index (κ1) is 42.8. The highest BCUT2D eigenvalue weighted by Crippen LogP contribution is 2.23. The lowest BCUT2D eigenvalue weighted by molar-refractivity contribution is -0.144. The van der Waals surface area contributed by atoms with Gasteiger partial charge in [0.2, 0.25) is 26.6 Å². The van der Waals surface area contributed by atoms with Crippen LogP contribution in [0.1, 0.15) is 20.8 Å². The molecule has 20 heteroatoms. The largest absolute Gasteiger partial charge is 0.467 e. The Labute approximate surface area is 268 Å². The van der Waals surface area contributed by atoms with Crippen LogP contribution < -0.4 is 16.0 Å². The van der Waals surface area contributed by atoms with Gasteiger partial charge in [0.05, 0.1) is 26.2 Å². The van der Waals surface area contributed by atoms with Crippen molar-refractivity contribution in [2.75, 3.05) is 38.6 Å². The molecule has 0 saturated carbocycles. The second kappa shape index (κ2) is 24.0. The summed E-state index contributed by atoms with van der Waals surface area (Å²) in [5, 5.41) is 7.08. The van der Waals surface area contributed by atoms with Gasteiger partial charge in [-0.05, 0) is 22.9 Å². The van der Waals surface area contributed by atoms with E-state index in [2.05, 4.69) is 47.4 Å². The van der Waals surface area contributed by atoms with Crippen LogP contribution in [-0.2, 0) is 51.8 Å². The van der Waals surface area contributed by atoms with Crippen molar-refractivity contribution in [3.8, 4) is 0 Å². The van der Waals surface area contributed by atoms with E-state index >= 15 is 0 Å². The van der Waals surface area contributed by atoms with Crippen LogP contribution in [0.4, 0.5) is 0 Å². The minimum atomic E-state index is -3.58. The number of amides is 3. The monoisotopic (exact) mass is 700 g/mol. The Kier molecular flexibility index (Phi) is 23.3. The molecule has 0 unspecified atom stereocenters. The molecule has 3 amide bonds. The van der Waals surface area contributed by atoms with Crippen LogP contribution in [0.2, 0.25) is 0 Å². The smallest absolute Gasteiger partial charge is 0.329 e. The quantitative estimate of drug-likeness (QED) is 0.0516. The first-order chi connectivity index (χ1) is 20.6. The van der Waals surface area contributed by atoms with Gasteiger partial charge in [-0.15, -0.1) is 4.91 Å². The van der Waals surface area contributed by atoms with Crippen molar-refractivity contribution in [1.29, 1.82) is 0 Å². The predicted molar refractivity (Wildman–Crippen MR) is 167 cm³/mol. The molecule has 0 aliphatic carbocycles. The number of rotatable bonds is 14. The normalized spacial score (nSPS) is 12.1. The third kappa shape index (κ3) is 19.8. The minimum absolute atomic E-state index is 0.0791. The van der Waals surface area contributed by atoms with Crippen molar-refractivity contribution >= 4 is 79.9 Å². The van der Waals surface area contributed by atoms with Crippen LogP contribution in [0.15, 0.2) is 39.8 Å². The third-order valence-electron chi connectivity index (χ3n) is 4.49.